The molecule has 2 atom stereocenters. The average molecular weight is 1990 g/mol. The Kier molecular flexibility index (Phi) is 60.7. The second kappa shape index (κ2) is 73.2. The molecule has 2 amide bonds. The van der Waals surface area contributed by atoms with Crippen LogP contribution in [-0.2, 0) is 22.4 Å². The maximum absolute atomic E-state index is 15.3. The van der Waals surface area contributed by atoms with E-state index in [1.807, 2.05) is 29.1 Å². The summed E-state index contributed by atoms with van der Waals surface area (Å²) in [4.78, 5) is 51.0. The fraction of sp³-hybridized carbons (Fsp3) is 0.688. The van der Waals surface area contributed by atoms with E-state index in [1.165, 1.54) is 505 Å². The van der Waals surface area contributed by atoms with E-state index in [1.54, 1.807) is 45.3 Å². The molecule has 0 spiro atoms. The molecule has 140 heavy (non-hydrogen) atoms. The monoisotopic (exact) mass is 1980 g/mol. The van der Waals surface area contributed by atoms with E-state index in [2.05, 4.69) is 132 Å². The summed E-state index contributed by atoms with van der Waals surface area (Å²) in [6, 6.07) is 35.8. The van der Waals surface area contributed by atoms with Crippen molar-refractivity contribution in [2.45, 2.75) is 530 Å². The predicted octanol–water partition coefficient (Wildman–Crippen LogP) is 42.4. The summed E-state index contributed by atoms with van der Waals surface area (Å²) >= 11 is 6.77. The molecule has 0 saturated carbocycles. The number of aryl methyl sites for hydroxylation is 3. The van der Waals surface area contributed by atoms with Gasteiger partial charge in [0.1, 0.15) is 11.5 Å². The Morgan fingerprint density at radius 1 is 0.264 bits per heavy atom. The number of rotatable bonds is 90. The molecular formula is C128H198N4O4S4. The van der Waals surface area contributed by atoms with Gasteiger partial charge in [0.15, 0.2) is 10.0 Å². The molecular weight excluding hydrogens is 1790 g/mol. The summed E-state index contributed by atoms with van der Waals surface area (Å²) in [7, 11) is 0. The van der Waals surface area contributed by atoms with Gasteiger partial charge in [0, 0.05) is 45.8 Å². The summed E-state index contributed by atoms with van der Waals surface area (Å²) in [5, 5.41) is 6.62. The van der Waals surface area contributed by atoms with Crippen molar-refractivity contribution in [1.29, 1.82) is 0 Å². The van der Waals surface area contributed by atoms with Gasteiger partial charge in [-0.25, -0.2) is 9.97 Å². The van der Waals surface area contributed by atoms with Gasteiger partial charge >= 0.3 is 0 Å². The molecule has 0 fully saturated rings. The molecule has 8 aromatic rings. The summed E-state index contributed by atoms with van der Waals surface area (Å²) < 4.78 is 13.6. The lowest BCUT2D eigenvalue weighted by molar-refractivity contribution is -0.124. The summed E-state index contributed by atoms with van der Waals surface area (Å²) in [5.74, 6) is 2.98. The number of allylic oxidation sites excluding steroid dienone is 1. The smallest absolute Gasteiger partial charge is 0.261 e. The molecule has 778 valence electrons. The number of benzene rings is 4. The number of ether oxygens (including phenoxy) is 2. The van der Waals surface area contributed by atoms with Gasteiger partial charge in [0.05, 0.1) is 44.7 Å². The van der Waals surface area contributed by atoms with Crippen LogP contribution in [0.2, 0.25) is 0 Å². The van der Waals surface area contributed by atoms with Crippen molar-refractivity contribution in [3.63, 3.8) is 0 Å². The Morgan fingerprint density at radius 3 is 0.850 bits per heavy atom. The van der Waals surface area contributed by atoms with E-state index in [9.17, 15) is 0 Å². The molecule has 8 nitrogen and oxygen atoms in total. The van der Waals surface area contributed by atoms with E-state index < -0.39 is 0 Å². The van der Waals surface area contributed by atoms with Gasteiger partial charge < -0.3 is 19.3 Å². The van der Waals surface area contributed by atoms with Gasteiger partial charge in [-0.05, 0) is 158 Å². The highest BCUT2D eigenvalue weighted by Gasteiger charge is 2.47. The largest absolute Gasteiger partial charge is 0.493 e. The first-order chi connectivity index (χ1) is 69.1. The van der Waals surface area contributed by atoms with Crippen LogP contribution < -0.4 is 9.47 Å². The molecule has 0 aliphatic carbocycles. The number of amides is 2. The van der Waals surface area contributed by atoms with Gasteiger partial charge in [-0.1, -0.05) is 513 Å². The lowest BCUT2D eigenvalue weighted by atomic mass is 9.94. The highest BCUT2D eigenvalue weighted by molar-refractivity contribution is 7.28. The van der Waals surface area contributed by atoms with Crippen LogP contribution >= 0.6 is 45.3 Å². The van der Waals surface area contributed by atoms with Crippen molar-refractivity contribution in [3.05, 3.63) is 147 Å². The molecule has 0 N–H and O–H groups in total. The molecule has 2 unspecified atom stereocenters. The number of hydrogen-bond acceptors (Lipinski definition) is 10. The highest BCUT2D eigenvalue weighted by Crippen LogP contribution is 2.48. The van der Waals surface area contributed by atoms with Crippen molar-refractivity contribution in [2.24, 2.45) is 11.8 Å². The Bertz CT molecular complexity index is 4630. The van der Waals surface area contributed by atoms with Gasteiger partial charge in [0.25, 0.3) is 11.8 Å². The minimum Gasteiger partial charge on any atom is -0.493 e. The SMILES string of the molecule is CCCCCCCCCCCCCCCCCCCCC(CCCCCCCCCCCCCCCCCC)COc1ccc2cc(CCCN3C(=O)C4=C(c5ccc(-c6cnc(-c7ncc(-c8ccc(C)s8)s7)s6)s5)N(CCCc5ccc6cc(OCC(CCCCCCCCCCCCCCCCCC)CCCCCCCCCCCCCCCCCCCC)ccc6c5)C(=O)C4=C3C)ccc2c1. The van der Waals surface area contributed by atoms with Crippen molar-refractivity contribution >= 4 is 84.4 Å². The molecule has 0 saturated heterocycles. The van der Waals surface area contributed by atoms with Crippen LogP contribution in [0.3, 0.4) is 0 Å². The third-order valence-corrected chi connectivity index (χ3v) is 35.6. The average Bonchev–Trinajstić information content (AvgIpc) is 1.56. The van der Waals surface area contributed by atoms with Gasteiger partial charge in [-0.2, -0.15) is 0 Å². The van der Waals surface area contributed by atoms with Crippen LogP contribution in [0, 0.1) is 18.8 Å². The quantitative estimate of drug-likeness (QED) is 0.0353. The molecule has 4 aromatic carbocycles. The van der Waals surface area contributed by atoms with Gasteiger partial charge in [-0.15, -0.1) is 45.3 Å². The second-order valence-electron chi connectivity index (χ2n) is 43.3. The van der Waals surface area contributed by atoms with Crippen LogP contribution in [0.25, 0.3) is 56.8 Å². The number of thiophene rings is 2. The molecule has 0 radical (unpaired) electrons. The summed E-state index contributed by atoms with van der Waals surface area (Å²) in [6.45, 7) is 16.0. The standard InChI is InChI=1S/C128H198N4O4S4/c1-7-11-15-19-23-27-31-35-39-43-45-49-53-57-61-65-69-73-78-109(77-71-67-63-59-55-51-47-41-37-33-29-25-21-17-13-9-3)103-135-115-90-88-111-97-107(84-86-113(111)99-115)81-75-95-131-106(6)122-123(128(131)134)124(119-94-93-118(138-119)121-102-130-126(140-121)125-129-101-120(139-125)117-92-83-105(5)137-117)132(127(122)133)96-76-82-108-85-87-114-100-116(91-89-112(114)98-108)136-104-110(79-72-68-64-60-56-52-48-42-38-34-30-26-22-18-14-10-4)80-74-70-66-62-58-54-50-46-44-40-36-32-28-24-20-16-12-8-2/h83-94,97-102,109-110H,7-82,95-96,103-104H2,1-6H3. The van der Waals surface area contributed by atoms with E-state index in [0.717, 1.165) is 91.3 Å². The lowest BCUT2D eigenvalue weighted by Crippen LogP contribution is -2.31. The van der Waals surface area contributed by atoms with Crippen molar-refractivity contribution < 1.29 is 19.1 Å². The molecule has 0 bridgehead atoms. The first kappa shape index (κ1) is 116. The van der Waals surface area contributed by atoms with E-state index >= 15 is 9.59 Å². The minimum atomic E-state index is -0.0721. The van der Waals surface area contributed by atoms with E-state index in [-0.39, 0.29) is 11.8 Å². The third-order valence-electron chi connectivity index (χ3n) is 31.0. The fourth-order valence-electron chi connectivity index (χ4n) is 22.0. The van der Waals surface area contributed by atoms with Crippen LogP contribution in [0.15, 0.2) is 126 Å². The van der Waals surface area contributed by atoms with Crippen LogP contribution in [0.4, 0.5) is 0 Å². The number of unbranched alkanes of at least 4 members (excludes halogenated alkanes) is 64. The Morgan fingerprint density at radius 2 is 0.536 bits per heavy atom. The second-order valence-corrected chi connectivity index (χ2v) is 47.7. The van der Waals surface area contributed by atoms with Crippen LogP contribution in [-0.4, -0.2) is 57.9 Å². The molecule has 6 heterocycles. The fourth-order valence-corrected chi connectivity index (χ4v) is 26.0. The topological polar surface area (TPSA) is 84.9 Å². The number of hydrogen-bond donors (Lipinski definition) is 0. The molecule has 10 rings (SSSR count). The minimum absolute atomic E-state index is 0.0721. The molecule has 2 aliphatic rings. The van der Waals surface area contributed by atoms with Crippen molar-refractivity contribution in [3.8, 4) is 41.0 Å². The first-order valence-electron chi connectivity index (χ1n) is 59.6. The zero-order chi connectivity index (χ0) is 98.0. The Hall–Kier alpha value is -5.92. The summed E-state index contributed by atoms with van der Waals surface area (Å²) in [5.41, 5.74) is 5.10. The van der Waals surface area contributed by atoms with E-state index in [0.29, 0.717) is 36.1 Å². The van der Waals surface area contributed by atoms with E-state index in [4.69, 9.17) is 19.4 Å². The Balaban J connectivity index is 0.712. The van der Waals surface area contributed by atoms with Gasteiger partial charge in [0.2, 0.25) is 0 Å². The summed E-state index contributed by atoms with van der Waals surface area (Å²) in [6.07, 6.45) is 108. The predicted molar refractivity (Wildman–Crippen MR) is 615 cm³/mol. The van der Waals surface area contributed by atoms with Crippen molar-refractivity contribution in [2.75, 3.05) is 26.3 Å². The first-order valence-corrected chi connectivity index (χ1v) is 62.9. The van der Waals surface area contributed by atoms with Crippen molar-refractivity contribution in [1.82, 2.24) is 19.8 Å². The lowest BCUT2D eigenvalue weighted by Gasteiger charge is -2.23. The number of carbonyl (C=O) groups excluding carboxylic acids is 2. The normalized spacial score (nSPS) is 13.4. The third kappa shape index (κ3) is 45.2. The molecule has 2 aliphatic heterocycles. The maximum Gasteiger partial charge on any atom is 0.261 e. The maximum atomic E-state index is 15.3. The van der Waals surface area contributed by atoms with Crippen LogP contribution in [0.5, 0.6) is 11.5 Å². The molecule has 12 heteroatoms. The number of fused-ring (bicyclic) bond motifs is 3. The van der Waals surface area contributed by atoms with Gasteiger partial charge in [-0.3, -0.25) is 9.59 Å². The Labute approximate surface area is 872 Å². The number of carbonyl (C=O) groups is 2. The zero-order valence-electron chi connectivity index (χ0n) is 90.2. The van der Waals surface area contributed by atoms with Crippen LogP contribution in [0.1, 0.15) is 531 Å². The molecule has 4 aromatic heterocycles. The number of nitrogens with zero attached hydrogens (tertiary/aromatic N) is 4. The number of thiazole rings is 2. The number of aromatic nitrogens is 2. The highest BCUT2D eigenvalue weighted by atomic mass is 32.1. The zero-order valence-corrected chi connectivity index (χ0v) is 93.4.